The summed E-state index contributed by atoms with van der Waals surface area (Å²) < 4.78 is 11.3. The van der Waals surface area contributed by atoms with Crippen LogP contribution in [0.3, 0.4) is 0 Å². The molecule has 1 radical (unpaired) electrons. The molecule has 22 heavy (non-hydrogen) atoms. The van der Waals surface area contributed by atoms with Crippen LogP contribution in [-0.4, -0.2) is 19.5 Å². The van der Waals surface area contributed by atoms with Crippen LogP contribution in [0.4, 0.5) is 0 Å². The number of rotatable bonds is 10. The molecule has 2 aromatic rings. The average molecular weight is 297 g/mol. The molecular formula is C19H21O3. The van der Waals surface area contributed by atoms with Crippen LogP contribution in [0, 0.1) is 0 Å². The SMILES string of the molecule is O=[C]c1ccc(OCCCCCCOc2ccccc2)cc1. The highest BCUT2D eigenvalue weighted by molar-refractivity contribution is 5.75. The molecule has 0 saturated carbocycles. The lowest BCUT2D eigenvalue weighted by atomic mass is 10.2. The molecule has 0 heterocycles. The maximum Gasteiger partial charge on any atom is 0.233 e. The summed E-state index contributed by atoms with van der Waals surface area (Å²) in [7, 11) is 0. The first-order chi connectivity index (χ1) is 10.9. The first-order valence-electron chi connectivity index (χ1n) is 7.67. The third kappa shape index (κ3) is 6.00. The molecule has 0 N–H and O–H groups in total. The van der Waals surface area contributed by atoms with Crippen LogP contribution >= 0.6 is 0 Å². The number of para-hydroxylation sites is 1. The van der Waals surface area contributed by atoms with Crippen molar-refractivity contribution >= 4 is 6.29 Å². The molecule has 0 aliphatic heterocycles. The Kier molecular flexibility index (Phi) is 7.03. The van der Waals surface area contributed by atoms with E-state index in [4.69, 9.17) is 9.47 Å². The van der Waals surface area contributed by atoms with Crippen molar-refractivity contribution in [3.05, 3.63) is 60.2 Å². The number of hydrogen-bond acceptors (Lipinski definition) is 3. The minimum atomic E-state index is 0.547. The quantitative estimate of drug-likeness (QED) is 0.618. The van der Waals surface area contributed by atoms with E-state index in [1.165, 1.54) is 0 Å². The standard InChI is InChI=1S/C19H21O3/c20-16-17-10-12-19(13-11-17)22-15-7-2-1-6-14-21-18-8-4-3-5-9-18/h3-5,8-13H,1-2,6-7,14-15H2. The number of carbonyl (C=O) groups excluding carboxylic acids is 1. The van der Waals surface area contributed by atoms with Gasteiger partial charge in [-0.2, -0.15) is 0 Å². The van der Waals surface area contributed by atoms with E-state index in [1.807, 2.05) is 36.6 Å². The zero-order valence-electron chi connectivity index (χ0n) is 12.7. The van der Waals surface area contributed by atoms with Crippen molar-refractivity contribution in [3.63, 3.8) is 0 Å². The number of hydrogen-bond donors (Lipinski definition) is 0. The van der Waals surface area contributed by atoms with E-state index in [1.54, 1.807) is 24.3 Å². The van der Waals surface area contributed by atoms with Gasteiger partial charge in [0.25, 0.3) is 0 Å². The number of ether oxygens (including phenoxy) is 2. The zero-order chi connectivity index (χ0) is 15.5. The average Bonchev–Trinajstić information content (AvgIpc) is 2.59. The lowest BCUT2D eigenvalue weighted by Crippen LogP contribution is -1.99. The Morgan fingerprint density at radius 2 is 1.23 bits per heavy atom. The van der Waals surface area contributed by atoms with E-state index >= 15 is 0 Å². The second kappa shape index (κ2) is 9.61. The highest BCUT2D eigenvalue weighted by Crippen LogP contribution is 2.12. The Morgan fingerprint density at radius 1 is 0.682 bits per heavy atom. The Hall–Kier alpha value is -2.29. The minimum Gasteiger partial charge on any atom is -0.494 e. The molecule has 3 nitrogen and oxygen atoms in total. The van der Waals surface area contributed by atoms with Gasteiger partial charge < -0.3 is 9.47 Å². The lowest BCUT2D eigenvalue weighted by Gasteiger charge is -2.07. The first kappa shape index (κ1) is 16.1. The summed E-state index contributed by atoms with van der Waals surface area (Å²) in [6.07, 6.45) is 6.18. The molecule has 0 aliphatic carbocycles. The number of benzene rings is 2. The van der Waals surface area contributed by atoms with Crippen molar-refractivity contribution in [2.24, 2.45) is 0 Å². The van der Waals surface area contributed by atoms with Gasteiger partial charge in [0.2, 0.25) is 6.29 Å². The van der Waals surface area contributed by atoms with Crippen LogP contribution in [0.25, 0.3) is 0 Å². The molecule has 2 rings (SSSR count). The van der Waals surface area contributed by atoms with Gasteiger partial charge in [-0.05, 0) is 62.1 Å². The van der Waals surface area contributed by atoms with Gasteiger partial charge >= 0.3 is 0 Å². The second-order valence-electron chi connectivity index (χ2n) is 5.05. The zero-order valence-corrected chi connectivity index (χ0v) is 12.7. The van der Waals surface area contributed by atoms with Crippen molar-refractivity contribution in [1.29, 1.82) is 0 Å². The Bertz CT molecular complexity index is 534. The topological polar surface area (TPSA) is 35.5 Å². The van der Waals surface area contributed by atoms with E-state index in [9.17, 15) is 4.79 Å². The molecule has 0 bridgehead atoms. The molecule has 0 unspecified atom stereocenters. The third-order valence-electron chi connectivity index (χ3n) is 3.29. The summed E-state index contributed by atoms with van der Waals surface area (Å²) in [6.45, 7) is 1.46. The maximum atomic E-state index is 10.4. The highest BCUT2D eigenvalue weighted by atomic mass is 16.5. The smallest absolute Gasteiger partial charge is 0.233 e. The molecule has 0 fully saturated rings. The Labute approximate surface area is 131 Å². The molecule has 0 atom stereocenters. The van der Waals surface area contributed by atoms with E-state index in [2.05, 4.69) is 0 Å². The van der Waals surface area contributed by atoms with Crippen LogP contribution in [0.2, 0.25) is 0 Å². The molecule has 0 aromatic heterocycles. The molecule has 115 valence electrons. The molecular weight excluding hydrogens is 276 g/mol. The molecule has 0 spiro atoms. The van der Waals surface area contributed by atoms with Crippen LogP contribution in [-0.2, 0) is 4.79 Å². The first-order valence-corrected chi connectivity index (χ1v) is 7.67. The molecule has 3 heteroatoms. The summed E-state index contributed by atoms with van der Waals surface area (Å²) >= 11 is 0. The van der Waals surface area contributed by atoms with Crippen molar-refractivity contribution in [2.75, 3.05) is 13.2 Å². The van der Waals surface area contributed by atoms with Gasteiger partial charge in [0.1, 0.15) is 11.5 Å². The minimum absolute atomic E-state index is 0.547. The highest BCUT2D eigenvalue weighted by Gasteiger charge is 1.96. The largest absolute Gasteiger partial charge is 0.494 e. The molecule has 2 aromatic carbocycles. The lowest BCUT2D eigenvalue weighted by molar-refractivity contribution is 0.287. The van der Waals surface area contributed by atoms with Gasteiger partial charge in [-0.1, -0.05) is 18.2 Å². The predicted octanol–water partition coefficient (Wildman–Crippen LogP) is 4.16. The van der Waals surface area contributed by atoms with Gasteiger partial charge in [0.05, 0.1) is 13.2 Å². The predicted molar refractivity (Wildman–Crippen MR) is 87.1 cm³/mol. The van der Waals surface area contributed by atoms with E-state index < -0.39 is 0 Å². The summed E-state index contributed by atoms with van der Waals surface area (Å²) in [6, 6.07) is 16.9. The van der Waals surface area contributed by atoms with Gasteiger partial charge in [0.15, 0.2) is 0 Å². The summed E-state index contributed by atoms with van der Waals surface area (Å²) in [5.74, 6) is 1.73. The van der Waals surface area contributed by atoms with Gasteiger partial charge in [-0.3, -0.25) is 4.79 Å². The van der Waals surface area contributed by atoms with E-state index in [0.717, 1.165) is 43.8 Å². The molecule has 0 amide bonds. The fourth-order valence-electron chi connectivity index (χ4n) is 2.07. The van der Waals surface area contributed by atoms with Crippen molar-refractivity contribution < 1.29 is 14.3 Å². The van der Waals surface area contributed by atoms with Crippen molar-refractivity contribution in [1.82, 2.24) is 0 Å². The van der Waals surface area contributed by atoms with Gasteiger partial charge in [0, 0.05) is 5.56 Å². The molecule has 0 aliphatic rings. The maximum absolute atomic E-state index is 10.4. The van der Waals surface area contributed by atoms with Crippen LogP contribution in [0.1, 0.15) is 31.2 Å². The van der Waals surface area contributed by atoms with Crippen molar-refractivity contribution in [3.8, 4) is 11.5 Å². The Balaban J connectivity index is 1.48. The summed E-state index contributed by atoms with van der Waals surface area (Å²) in [5, 5.41) is 0. The van der Waals surface area contributed by atoms with Crippen molar-refractivity contribution in [2.45, 2.75) is 25.7 Å². The normalized spacial score (nSPS) is 10.2. The molecule has 0 saturated heterocycles. The third-order valence-corrected chi connectivity index (χ3v) is 3.29. The fraction of sp³-hybridized carbons (Fsp3) is 0.316. The Morgan fingerprint density at radius 3 is 1.77 bits per heavy atom. The monoisotopic (exact) mass is 297 g/mol. The van der Waals surface area contributed by atoms with Gasteiger partial charge in [-0.25, -0.2) is 0 Å². The van der Waals surface area contributed by atoms with Crippen LogP contribution in [0.15, 0.2) is 54.6 Å². The van der Waals surface area contributed by atoms with Crippen LogP contribution < -0.4 is 9.47 Å². The summed E-state index contributed by atoms with van der Waals surface area (Å²) in [5.41, 5.74) is 0.547. The van der Waals surface area contributed by atoms with Crippen LogP contribution in [0.5, 0.6) is 11.5 Å². The van der Waals surface area contributed by atoms with E-state index in [-0.39, 0.29) is 0 Å². The number of unbranched alkanes of at least 4 members (excludes halogenated alkanes) is 3. The fourth-order valence-corrected chi connectivity index (χ4v) is 2.07. The van der Waals surface area contributed by atoms with E-state index in [0.29, 0.717) is 12.2 Å². The van der Waals surface area contributed by atoms with Gasteiger partial charge in [-0.15, -0.1) is 0 Å². The second-order valence-corrected chi connectivity index (χ2v) is 5.05. The summed E-state index contributed by atoms with van der Waals surface area (Å²) in [4.78, 5) is 10.4.